The van der Waals surface area contributed by atoms with Gasteiger partial charge in [0, 0.05) is 19.1 Å². The molecule has 1 aromatic heterocycles. The van der Waals surface area contributed by atoms with Gasteiger partial charge in [0.2, 0.25) is 0 Å². The molecule has 0 amide bonds. The van der Waals surface area contributed by atoms with Crippen LogP contribution in [0.1, 0.15) is 32.0 Å². The highest BCUT2D eigenvalue weighted by Crippen LogP contribution is 2.34. The van der Waals surface area contributed by atoms with E-state index in [9.17, 15) is 9.90 Å². The van der Waals surface area contributed by atoms with Gasteiger partial charge in [-0.2, -0.15) is 0 Å². The molecule has 1 aromatic rings. The Kier molecular flexibility index (Phi) is 3.47. The average Bonchev–Trinajstić information content (AvgIpc) is 3.05. The lowest BCUT2D eigenvalue weighted by atomic mass is 9.97. The Morgan fingerprint density at radius 2 is 2.45 bits per heavy atom. The maximum atomic E-state index is 11.6. The van der Waals surface area contributed by atoms with Gasteiger partial charge < -0.3 is 15.0 Å². The predicted molar refractivity (Wildman–Crippen MR) is 72.1 cm³/mol. The van der Waals surface area contributed by atoms with Crippen LogP contribution in [0.4, 0.5) is 0 Å². The minimum absolute atomic E-state index is 0.315. The second-order valence-electron chi connectivity index (χ2n) is 5.73. The van der Waals surface area contributed by atoms with Crippen molar-refractivity contribution in [2.45, 2.75) is 50.9 Å². The predicted octanol–water partition coefficient (Wildman–Crippen LogP) is 0.0791. The van der Waals surface area contributed by atoms with Crippen LogP contribution in [-0.2, 0) is 17.9 Å². The maximum absolute atomic E-state index is 11.6. The van der Waals surface area contributed by atoms with Gasteiger partial charge in [-0.1, -0.05) is 6.92 Å². The number of likely N-dealkylation sites (N-methyl/N-ethyl adjacent to an activating group) is 1. The second kappa shape index (κ2) is 5.14. The number of carboxylic acid groups (broad SMARTS) is 1. The number of aromatic nitrogens is 3. The molecule has 1 aliphatic carbocycles. The van der Waals surface area contributed by atoms with Crippen molar-refractivity contribution in [2.75, 3.05) is 13.1 Å². The van der Waals surface area contributed by atoms with E-state index < -0.39 is 11.5 Å². The lowest BCUT2D eigenvalue weighted by Gasteiger charge is -2.33. The zero-order valence-corrected chi connectivity index (χ0v) is 11.7. The molecule has 2 atom stereocenters. The number of nitrogens with zero attached hydrogens (tertiary/aromatic N) is 4. The van der Waals surface area contributed by atoms with Crippen molar-refractivity contribution in [1.29, 1.82) is 0 Å². The monoisotopic (exact) mass is 279 g/mol. The van der Waals surface area contributed by atoms with Gasteiger partial charge in [0.05, 0.1) is 6.54 Å². The summed E-state index contributed by atoms with van der Waals surface area (Å²) in [5.41, 5.74) is -0.745. The number of fused-ring (bicyclic) bond motifs is 1. The fourth-order valence-corrected chi connectivity index (χ4v) is 3.50. The van der Waals surface area contributed by atoms with Gasteiger partial charge in [-0.15, -0.1) is 10.2 Å². The molecule has 7 heteroatoms. The third kappa shape index (κ3) is 2.20. The van der Waals surface area contributed by atoms with Crippen molar-refractivity contribution in [2.24, 2.45) is 0 Å². The van der Waals surface area contributed by atoms with Gasteiger partial charge in [-0.25, -0.2) is 0 Å². The molecule has 3 rings (SSSR count). The van der Waals surface area contributed by atoms with Gasteiger partial charge in [0.1, 0.15) is 17.7 Å². The minimum Gasteiger partial charge on any atom is -0.480 e. The van der Waals surface area contributed by atoms with Crippen molar-refractivity contribution in [3.8, 4) is 0 Å². The Labute approximate surface area is 118 Å². The Hall–Kier alpha value is -1.47. The van der Waals surface area contributed by atoms with Crippen molar-refractivity contribution < 1.29 is 9.90 Å². The maximum Gasteiger partial charge on any atom is 0.323 e. The van der Waals surface area contributed by atoms with E-state index in [-0.39, 0.29) is 0 Å². The molecule has 20 heavy (non-hydrogen) atoms. The van der Waals surface area contributed by atoms with Gasteiger partial charge in [-0.3, -0.25) is 9.69 Å². The summed E-state index contributed by atoms with van der Waals surface area (Å²) in [5, 5.41) is 20.8. The Balaban J connectivity index is 1.70. The van der Waals surface area contributed by atoms with Gasteiger partial charge >= 0.3 is 5.97 Å². The molecular formula is C13H21N5O2. The molecule has 0 saturated heterocycles. The van der Waals surface area contributed by atoms with E-state index in [1.54, 1.807) is 6.33 Å². The molecule has 0 aromatic carbocycles. The molecule has 0 bridgehead atoms. The van der Waals surface area contributed by atoms with Crippen LogP contribution < -0.4 is 5.32 Å². The minimum atomic E-state index is -0.745. The molecule has 0 spiro atoms. The average molecular weight is 279 g/mol. The van der Waals surface area contributed by atoms with E-state index in [2.05, 4.69) is 25.0 Å². The van der Waals surface area contributed by atoms with E-state index in [0.717, 1.165) is 31.9 Å². The number of hydrogen-bond donors (Lipinski definition) is 2. The first-order valence-electron chi connectivity index (χ1n) is 7.24. The third-order valence-corrected chi connectivity index (χ3v) is 4.60. The van der Waals surface area contributed by atoms with Crippen LogP contribution in [0.25, 0.3) is 0 Å². The zero-order valence-electron chi connectivity index (χ0n) is 11.7. The highest BCUT2D eigenvalue weighted by Gasteiger charge is 2.46. The number of nitrogens with one attached hydrogen (secondary N) is 1. The summed E-state index contributed by atoms with van der Waals surface area (Å²) < 4.78 is 2.07. The second-order valence-corrected chi connectivity index (χ2v) is 5.73. The Bertz CT molecular complexity index is 503. The topological polar surface area (TPSA) is 83.3 Å². The van der Waals surface area contributed by atoms with Crippen molar-refractivity contribution in [3.63, 3.8) is 0 Å². The summed E-state index contributed by atoms with van der Waals surface area (Å²) in [7, 11) is 0. The molecule has 1 aliphatic heterocycles. The molecular weight excluding hydrogens is 258 g/mol. The largest absolute Gasteiger partial charge is 0.480 e. The van der Waals surface area contributed by atoms with Crippen LogP contribution in [0.5, 0.6) is 0 Å². The van der Waals surface area contributed by atoms with Crippen molar-refractivity contribution >= 4 is 5.97 Å². The fraction of sp³-hybridized carbons (Fsp3) is 0.769. The zero-order chi connectivity index (χ0) is 14.2. The fourth-order valence-electron chi connectivity index (χ4n) is 3.50. The van der Waals surface area contributed by atoms with Crippen molar-refractivity contribution in [1.82, 2.24) is 25.0 Å². The highest BCUT2D eigenvalue weighted by molar-refractivity contribution is 5.79. The smallest absolute Gasteiger partial charge is 0.323 e. The van der Waals surface area contributed by atoms with E-state index in [4.69, 9.17) is 0 Å². The SMILES string of the molecule is CCNC1(C(=O)O)CCC(N2CCn3cnnc3C2)C1. The van der Waals surface area contributed by atoms with Crippen molar-refractivity contribution in [3.05, 3.63) is 12.2 Å². The van der Waals surface area contributed by atoms with Crippen LogP contribution in [0.15, 0.2) is 6.33 Å². The molecule has 1 fully saturated rings. The summed E-state index contributed by atoms with van der Waals surface area (Å²) in [5.74, 6) is 0.259. The van der Waals surface area contributed by atoms with Crippen LogP contribution in [0.3, 0.4) is 0 Å². The summed E-state index contributed by atoms with van der Waals surface area (Å²) in [6.45, 7) is 5.25. The quantitative estimate of drug-likeness (QED) is 0.812. The van der Waals surface area contributed by atoms with Crippen LogP contribution in [0, 0.1) is 0 Å². The highest BCUT2D eigenvalue weighted by atomic mass is 16.4. The first kappa shape index (κ1) is 13.5. The molecule has 2 aliphatic rings. The summed E-state index contributed by atoms with van der Waals surface area (Å²) in [6.07, 6.45) is 4.06. The molecule has 2 unspecified atom stereocenters. The summed E-state index contributed by atoms with van der Waals surface area (Å²) in [6, 6.07) is 0.315. The first-order valence-corrected chi connectivity index (χ1v) is 7.24. The molecule has 1 saturated carbocycles. The van der Waals surface area contributed by atoms with E-state index in [1.165, 1.54) is 0 Å². The molecule has 110 valence electrons. The lowest BCUT2D eigenvalue weighted by molar-refractivity contribution is -0.144. The molecule has 0 radical (unpaired) electrons. The number of carbonyl (C=O) groups is 1. The van der Waals surface area contributed by atoms with Gasteiger partial charge in [0.25, 0.3) is 0 Å². The summed E-state index contributed by atoms with van der Waals surface area (Å²) >= 11 is 0. The van der Waals surface area contributed by atoms with Crippen LogP contribution in [0.2, 0.25) is 0 Å². The lowest BCUT2D eigenvalue weighted by Crippen LogP contribution is -2.51. The third-order valence-electron chi connectivity index (χ3n) is 4.60. The summed E-state index contributed by atoms with van der Waals surface area (Å²) in [4.78, 5) is 13.9. The van der Waals surface area contributed by atoms with E-state index in [1.807, 2.05) is 6.92 Å². The molecule has 2 heterocycles. The van der Waals surface area contributed by atoms with E-state index >= 15 is 0 Å². The number of rotatable bonds is 4. The van der Waals surface area contributed by atoms with E-state index in [0.29, 0.717) is 25.4 Å². The van der Waals surface area contributed by atoms with Crippen LogP contribution >= 0.6 is 0 Å². The normalized spacial score (nSPS) is 30.4. The number of hydrogen-bond acceptors (Lipinski definition) is 5. The van der Waals surface area contributed by atoms with Crippen LogP contribution in [-0.4, -0.2) is 55.4 Å². The number of carboxylic acids is 1. The molecule has 7 nitrogen and oxygen atoms in total. The molecule has 2 N–H and O–H groups in total. The van der Waals surface area contributed by atoms with Gasteiger partial charge in [0.15, 0.2) is 0 Å². The van der Waals surface area contributed by atoms with Gasteiger partial charge in [-0.05, 0) is 25.8 Å². The standard InChI is InChI=1S/C13H21N5O2/c1-2-14-13(12(19)20)4-3-10(7-13)17-5-6-18-9-15-16-11(18)8-17/h9-10,14H,2-8H2,1H3,(H,19,20). The Morgan fingerprint density at radius 1 is 1.60 bits per heavy atom. The first-order chi connectivity index (χ1) is 9.64. The number of aliphatic carboxylic acids is 1. The Morgan fingerprint density at radius 3 is 3.20 bits per heavy atom.